The van der Waals surface area contributed by atoms with E-state index in [9.17, 15) is 13.2 Å². The van der Waals surface area contributed by atoms with E-state index in [4.69, 9.17) is 8.92 Å². The Hall–Kier alpha value is -1.55. The van der Waals surface area contributed by atoms with Gasteiger partial charge in [0.1, 0.15) is 0 Å². The van der Waals surface area contributed by atoms with Gasteiger partial charge in [0.25, 0.3) is 5.91 Å². The molecule has 0 saturated heterocycles. The summed E-state index contributed by atoms with van der Waals surface area (Å²) in [6.45, 7) is 0.145. The zero-order valence-corrected chi connectivity index (χ0v) is 13.2. The van der Waals surface area contributed by atoms with Crippen LogP contribution < -0.4 is 9.44 Å². The topological polar surface area (TPSA) is 93.7 Å². The lowest BCUT2D eigenvalue weighted by molar-refractivity contribution is -0.114. The number of hydrogen-bond acceptors (Lipinski definition) is 6. The molecule has 0 saturated carbocycles. The van der Waals surface area contributed by atoms with Gasteiger partial charge in [-0.2, -0.15) is 8.42 Å². The van der Waals surface area contributed by atoms with Gasteiger partial charge in [-0.05, 0) is 24.0 Å². The summed E-state index contributed by atoms with van der Waals surface area (Å²) in [6.07, 6.45) is 1.16. The van der Waals surface area contributed by atoms with E-state index >= 15 is 0 Å². The minimum atomic E-state index is -3.91. The highest BCUT2D eigenvalue weighted by atomic mass is 32.2. The lowest BCUT2D eigenvalue weighted by Crippen LogP contribution is -2.38. The maximum absolute atomic E-state index is 12.1. The van der Waals surface area contributed by atoms with Crippen molar-refractivity contribution in [2.24, 2.45) is 0 Å². The fraction of sp³-hybridized carbons (Fsp3) is 0.250. The Balaban J connectivity index is 3.20. The van der Waals surface area contributed by atoms with Crippen molar-refractivity contribution in [3.05, 3.63) is 41.7 Å². The number of carbonyl (C=O) groups excluding carboxylic acids is 1. The molecule has 1 aromatic rings. The summed E-state index contributed by atoms with van der Waals surface area (Å²) in [4.78, 5) is 12.1. The van der Waals surface area contributed by atoms with E-state index in [-0.39, 0.29) is 12.2 Å². The van der Waals surface area contributed by atoms with Gasteiger partial charge in [0.2, 0.25) is 0 Å². The van der Waals surface area contributed by atoms with E-state index in [1.807, 2.05) is 9.44 Å². The van der Waals surface area contributed by atoms with Crippen LogP contribution in [0.3, 0.4) is 0 Å². The number of nitrogens with one attached hydrogen (secondary N) is 2. The van der Waals surface area contributed by atoms with Crippen molar-refractivity contribution < 1.29 is 22.1 Å². The second-order valence-electron chi connectivity index (χ2n) is 3.84. The van der Waals surface area contributed by atoms with Gasteiger partial charge in [0.15, 0.2) is 0 Å². The van der Waals surface area contributed by atoms with Crippen LogP contribution in [0.15, 0.2) is 30.5 Å². The molecule has 0 fully saturated rings. The predicted molar refractivity (Wildman–Crippen MR) is 81.3 cm³/mol. The minimum Gasteiger partial charge on any atom is -0.504 e. The molecule has 1 aromatic carbocycles. The van der Waals surface area contributed by atoms with E-state index < -0.39 is 16.1 Å². The maximum atomic E-state index is 12.1. The second kappa shape index (κ2) is 8.03. The molecule has 7 nitrogen and oxygen atoms in total. The molecular weight excluding hydrogens is 316 g/mol. The molecule has 0 aliphatic carbocycles. The molecule has 0 aromatic heterocycles. The average molecular weight is 332 g/mol. The Labute approximate surface area is 129 Å². The number of ether oxygens (including phenoxy) is 1. The lowest BCUT2D eigenvalue weighted by atomic mass is 10.0. The standard InChI is InChI=1S/C12H16N2O5S2/c1-13-21(16,17)14-12(15)11(8-18-2)10-6-4-3-5-9(10)7-19-20/h3-6,8,13,20H,7H2,1-2H3,(H,14,15)/b11-8+. The van der Waals surface area contributed by atoms with Crippen molar-refractivity contribution in [2.75, 3.05) is 14.2 Å². The molecule has 2 N–H and O–H groups in total. The molecular formula is C12H16N2O5S2. The molecule has 1 rings (SSSR count). The highest BCUT2D eigenvalue weighted by Crippen LogP contribution is 2.21. The number of hydrogen-bond donors (Lipinski definition) is 3. The largest absolute Gasteiger partial charge is 0.504 e. The summed E-state index contributed by atoms with van der Waals surface area (Å²) in [5.41, 5.74) is 1.20. The highest BCUT2D eigenvalue weighted by Gasteiger charge is 2.20. The quantitative estimate of drug-likeness (QED) is 0.294. The summed E-state index contributed by atoms with van der Waals surface area (Å²) < 4.78 is 36.3. The molecule has 9 heteroatoms. The van der Waals surface area contributed by atoms with E-state index in [2.05, 4.69) is 12.9 Å². The molecule has 0 unspecified atom stereocenters. The molecule has 116 valence electrons. The molecule has 0 radical (unpaired) electrons. The van der Waals surface area contributed by atoms with Crippen LogP contribution in [0.1, 0.15) is 11.1 Å². The first-order chi connectivity index (χ1) is 9.95. The van der Waals surface area contributed by atoms with Crippen LogP contribution in [-0.4, -0.2) is 28.5 Å². The number of carbonyl (C=O) groups is 1. The zero-order valence-electron chi connectivity index (χ0n) is 11.5. The molecule has 0 atom stereocenters. The van der Waals surface area contributed by atoms with Gasteiger partial charge >= 0.3 is 10.2 Å². The van der Waals surface area contributed by atoms with Crippen LogP contribution in [0.25, 0.3) is 5.57 Å². The van der Waals surface area contributed by atoms with Crippen LogP contribution in [0.2, 0.25) is 0 Å². The number of thiol groups is 1. The first-order valence-corrected chi connectivity index (χ1v) is 7.63. The summed E-state index contributed by atoms with van der Waals surface area (Å²) >= 11 is 3.68. The summed E-state index contributed by atoms with van der Waals surface area (Å²) in [5.74, 6) is -0.821. The third-order valence-electron chi connectivity index (χ3n) is 2.50. The molecule has 1 amide bonds. The third-order valence-corrected chi connectivity index (χ3v) is 3.62. The van der Waals surface area contributed by atoms with Crippen molar-refractivity contribution in [1.29, 1.82) is 0 Å². The number of benzene rings is 1. The van der Waals surface area contributed by atoms with Crippen molar-refractivity contribution in [3.63, 3.8) is 0 Å². The summed E-state index contributed by atoms with van der Waals surface area (Å²) in [5, 5.41) is 0. The van der Waals surface area contributed by atoms with Gasteiger partial charge in [-0.25, -0.2) is 9.44 Å². The van der Waals surface area contributed by atoms with Crippen LogP contribution in [0.4, 0.5) is 0 Å². The smallest absolute Gasteiger partial charge is 0.301 e. The van der Waals surface area contributed by atoms with Gasteiger partial charge in [0, 0.05) is 7.05 Å². The monoisotopic (exact) mass is 332 g/mol. The Bertz CT molecular complexity index is 628. The number of rotatable bonds is 7. The van der Waals surface area contributed by atoms with Crippen molar-refractivity contribution in [2.45, 2.75) is 6.61 Å². The SMILES string of the molecule is CNS(=O)(=O)NC(=O)/C(=C/OC)c1ccccc1COS. The Kier molecular flexibility index (Phi) is 6.69. The summed E-state index contributed by atoms with van der Waals surface area (Å²) in [6, 6.07) is 6.85. The second-order valence-corrected chi connectivity index (χ2v) is 5.71. The third kappa shape index (κ3) is 5.05. The van der Waals surface area contributed by atoms with Gasteiger partial charge in [-0.3, -0.25) is 4.79 Å². The summed E-state index contributed by atoms with van der Waals surface area (Å²) in [7, 11) is -1.36. The van der Waals surface area contributed by atoms with Gasteiger partial charge < -0.3 is 8.92 Å². The van der Waals surface area contributed by atoms with Gasteiger partial charge in [-0.15, -0.1) is 0 Å². The molecule has 21 heavy (non-hydrogen) atoms. The Morgan fingerprint density at radius 1 is 1.38 bits per heavy atom. The average Bonchev–Trinajstić information content (AvgIpc) is 2.45. The van der Waals surface area contributed by atoms with Gasteiger partial charge in [0.05, 0.1) is 25.6 Å². The van der Waals surface area contributed by atoms with Gasteiger partial charge in [-0.1, -0.05) is 24.3 Å². The van der Waals surface area contributed by atoms with Crippen LogP contribution in [0.5, 0.6) is 0 Å². The highest BCUT2D eigenvalue weighted by molar-refractivity contribution is 7.88. The molecule has 0 spiro atoms. The number of methoxy groups -OCH3 is 1. The zero-order chi connectivity index (χ0) is 15.9. The van der Waals surface area contributed by atoms with Crippen molar-refractivity contribution in [3.8, 4) is 0 Å². The van der Waals surface area contributed by atoms with Crippen molar-refractivity contribution >= 4 is 34.6 Å². The van der Waals surface area contributed by atoms with Crippen LogP contribution >= 0.6 is 12.9 Å². The molecule has 0 heterocycles. The van der Waals surface area contributed by atoms with Crippen molar-refractivity contribution in [1.82, 2.24) is 9.44 Å². The minimum absolute atomic E-state index is 0.0531. The first kappa shape index (κ1) is 17.5. The Morgan fingerprint density at radius 3 is 2.62 bits per heavy atom. The molecule has 0 aliphatic heterocycles. The van der Waals surface area contributed by atoms with Crippen LogP contribution in [-0.2, 0) is 30.5 Å². The fourth-order valence-corrected chi connectivity index (χ4v) is 2.16. The van der Waals surface area contributed by atoms with E-state index in [1.54, 1.807) is 24.3 Å². The van der Waals surface area contributed by atoms with Crippen LogP contribution in [0, 0.1) is 0 Å². The molecule has 0 aliphatic rings. The first-order valence-electron chi connectivity index (χ1n) is 5.78. The predicted octanol–water partition coefficient (Wildman–Crippen LogP) is 0.616. The Morgan fingerprint density at radius 2 is 2.05 bits per heavy atom. The fourth-order valence-electron chi connectivity index (χ4n) is 1.56. The maximum Gasteiger partial charge on any atom is 0.301 e. The number of amides is 1. The molecule has 0 bridgehead atoms. The van der Waals surface area contributed by atoms with E-state index in [1.165, 1.54) is 14.2 Å². The van der Waals surface area contributed by atoms with E-state index in [0.29, 0.717) is 11.1 Å². The van der Waals surface area contributed by atoms with E-state index in [0.717, 1.165) is 6.26 Å². The normalized spacial score (nSPS) is 12.0. The lowest BCUT2D eigenvalue weighted by Gasteiger charge is -2.12.